The summed E-state index contributed by atoms with van der Waals surface area (Å²) in [6, 6.07) is 17.4. The summed E-state index contributed by atoms with van der Waals surface area (Å²) < 4.78 is 0. The molecule has 0 radical (unpaired) electrons. The number of carbonyl (C=O) groups is 1. The molecule has 2 aromatic carbocycles. The van der Waals surface area contributed by atoms with E-state index in [0.717, 1.165) is 21.9 Å². The molecule has 0 fully saturated rings. The van der Waals surface area contributed by atoms with E-state index in [9.17, 15) is 4.79 Å². The van der Waals surface area contributed by atoms with Gasteiger partial charge in [-0.25, -0.2) is 4.98 Å². The van der Waals surface area contributed by atoms with Crippen LogP contribution in [0.25, 0.3) is 11.0 Å². The summed E-state index contributed by atoms with van der Waals surface area (Å²) in [5.41, 5.74) is 2.80. The zero-order chi connectivity index (χ0) is 14.5. The molecule has 4 nitrogen and oxygen atoms in total. The Kier molecular flexibility index (Phi) is 4.21. The number of carbonyl (C=O) groups excluding carboxylic acids is 1. The van der Waals surface area contributed by atoms with Gasteiger partial charge in [0.1, 0.15) is 0 Å². The molecule has 0 aliphatic heterocycles. The van der Waals surface area contributed by atoms with Crippen LogP contribution in [0.15, 0.2) is 59.8 Å². The van der Waals surface area contributed by atoms with Crippen molar-refractivity contribution in [2.24, 2.45) is 0 Å². The van der Waals surface area contributed by atoms with Crippen LogP contribution in [0.4, 0.5) is 5.69 Å². The number of H-pyrrole nitrogens is 1. The summed E-state index contributed by atoms with van der Waals surface area (Å²) in [7, 11) is 0. The smallest absolute Gasteiger partial charge is 0.225 e. The predicted octanol–water partition coefficient (Wildman–Crippen LogP) is 3.68. The molecular weight excluding hydrogens is 282 g/mol. The highest BCUT2D eigenvalue weighted by Crippen LogP contribution is 2.19. The van der Waals surface area contributed by atoms with Crippen molar-refractivity contribution in [2.75, 3.05) is 11.1 Å². The summed E-state index contributed by atoms with van der Waals surface area (Å²) in [6.45, 7) is 0. The number of nitrogens with zero attached hydrogens (tertiary/aromatic N) is 1. The molecule has 0 saturated heterocycles. The molecule has 3 rings (SSSR count). The van der Waals surface area contributed by atoms with Gasteiger partial charge in [-0.1, -0.05) is 42.1 Å². The lowest BCUT2D eigenvalue weighted by Gasteiger charge is -2.03. The molecule has 1 aromatic heterocycles. The van der Waals surface area contributed by atoms with Crippen molar-refractivity contribution in [1.29, 1.82) is 0 Å². The van der Waals surface area contributed by atoms with Gasteiger partial charge in [0.05, 0.1) is 11.0 Å². The molecular formula is C16H15N3OS. The fraction of sp³-hybridized carbons (Fsp3) is 0.125. The number of aromatic nitrogens is 2. The van der Waals surface area contributed by atoms with E-state index >= 15 is 0 Å². The van der Waals surface area contributed by atoms with Crippen molar-refractivity contribution in [3.8, 4) is 0 Å². The number of nitrogens with one attached hydrogen (secondary N) is 2. The highest BCUT2D eigenvalue weighted by Gasteiger charge is 2.05. The number of hydrogen-bond acceptors (Lipinski definition) is 3. The lowest BCUT2D eigenvalue weighted by atomic mass is 10.3. The number of aromatic amines is 1. The van der Waals surface area contributed by atoms with Crippen molar-refractivity contribution >= 4 is 34.4 Å². The second-order valence-electron chi connectivity index (χ2n) is 4.57. The monoisotopic (exact) mass is 297 g/mol. The number of para-hydroxylation sites is 3. The Morgan fingerprint density at radius 3 is 2.67 bits per heavy atom. The van der Waals surface area contributed by atoms with Crippen LogP contribution in [0.3, 0.4) is 0 Å². The number of fused-ring (bicyclic) bond motifs is 1. The molecule has 3 aromatic rings. The summed E-state index contributed by atoms with van der Waals surface area (Å²) in [5, 5.41) is 3.72. The quantitative estimate of drug-likeness (QED) is 0.706. The molecule has 0 bridgehead atoms. The summed E-state index contributed by atoms with van der Waals surface area (Å²) in [5.74, 6) is 0.711. The minimum absolute atomic E-state index is 0.0183. The van der Waals surface area contributed by atoms with E-state index in [1.165, 1.54) is 0 Å². The van der Waals surface area contributed by atoms with Gasteiger partial charge in [-0.3, -0.25) is 4.79 Å². The number of imidazole rings is 1. The number of hydrogen-bond donors (Lipinski definition) is 2. The second-order valence-corrected chi connectivity index (χ2v) is 5.66. The van der Waals surface area contributed by atoms with E-state index in [4.69, 9.17) is 0 Å². The zero-order valence-electron chi connectivity index (χ0n) is 11.4. The number of anilines is 1. The van der Waals surface area contributed by atoms with Gasteiger partial charge in [0.2, 0.25) is 5.91 Å². The molecule has 106 valence electrons. The minimum Gasteiger partial charge on any atom is -0.333 e. The van der Waals surface area contributed by atoms with Crippen LogP contribution >= 0.6 is 11.8 Å². The third-order valence-corrected chi connectivity index (χ3v) is 3.87. The van der Waals surface area contributed by atoms with Crippen LogP contribution in [0.1, 0.15) is 6.42 Å². The van der Waals surface area contributed by atoms with Gasteiger partial charge in [0, 0.05) is 17.9 Å². The van der Waals surface area contributed by atoms with Gasteiger partial charge in [0.25, 0.3) is 0 Å². The van der Waals surface area contributed by atoms with Crippen LogP contribution in [-0.4, -0.2) is 21.6 Å². The molecule has 1 amide bonds. The number of rotatable bonds is 5. The van der Waals surface area contributed by atoms with E-state index in [-0.39, 0.29) is 5.91 Å². The lowest BCUT2D eigenvalue weighted by Crippen LogP contribution is -2.11. The maximum atomic E-state index is 11.8. The van der Waals surface area contributed by atoms with Crippen LogP contribution in [0, 0.1) is 0 Å². The highest BCUT2D eigenvalue weighted by molar-refractivity contribution is 7.99. The Morgan fingerprint density at radius 1 is 1.10 bits per heavy atom. The van der Waals surface area contributed by atoms with Gasteiger partial charge in [-0.15, -0.1) is 0 Å². The Labute approximate surface area is 127 Å². The first-order valence-corrected chi connectivity index (χ1v) is 7.72. The molecule has 0 spiro atoms. The zero-order valence-corrected chi connectivity index (χ0v) is 12.2. The molecule has 5 heteroatoms. The van der Waals surface area contributed by atoms with Crippen LogP contribution in [0.5, 0.6) is 0 Å². The summed E-state index contributed by atoms with van der Waals surface area (Å²) >= 11 is 1.56. The average molecular weight is 297 g/mol. The van der Waals surface area contributed by atoms with Gasteiger partial charge < -0.3 is 10.3 Å². The maximum absolute atomic E-state index is 11.8. The molecule has 0 aliphatic carbocycles. The fourth-order valence-electron chi connectivity index (χ4n) is 1.98. The average Bonchev–Trinajstić information content (AvgIpc) is 2.91. The van der Waals surface area contributed by atoms with E-state index < -0.39 is 0 Å². The molecule has 0 saturated carbocycles. The first-order valence-electron chi connectivity index (χ1n) is 6.74. The van der Waals surface area contributed by atoms with Gasteiger partial charge in [0.15, 0.2) is 5.16 Å². The molecule has 2 N–H and O–H groups in total. The van der Waals surface area contributed by atoms with E-state index in [0.29, 0.717) is 12.2 Å². The molecule has 0 aliphatic rings. The Morgan fingerprint density at radius 2 is 1.86 bits per heavy atom. The summed E-state index contributed by atoms with van der Waals surface area (Å²) in [4.78, 5) is 19.5. The summed E-state index contributed by atoms with van der Waals surface area (Å²) in [6.07, 6.45) is 0.455. The Hall–Kier alpha value is -2.27. The minimum atomic E-state index is 0.0183. The highest BCUT2D eigenvalue weighted by atomic mass is 32.2. The standard InChI is InChI=1S/C16H15N3OS/c20-15(17-12-6-2-1-3-7-12)10-11-21-16-18-13-8-4-5-9-14(13)19-16/h1-9H,10-11H2,(H,17,20)(H,18,19). The van der Waals surface area contributed by atoms with Crippen molar-refractivity contribution in [1.82, 2.24) is 9.97 Å². The Bertz CT molecular complexity index is 706. The SMILES string of the molecule is O=C(CCSc1nc2ccccc2[nH]1)Nc1ccccc1. The molecule has 0 atom stereocenters. The van der Waals surface area contributed by atoms with Crippen LogP contribution in [0.2, 0.25) is 0 Å². The Balaban J connectivity index is 1.50. The normalized spacial score (nSPS) is 10.7. The first kappa shape index (κ1) is 13.7. The maximum Gasteiger partial charge on any atom is 0.225 e. The van der Waals surface area contributed by atoms with Crippen molar-refractivity contribution in [3.63, 3.8) is 0 Å². The van der Waals surface area contributed by atoms with Gasteiger partial charge >= 0.3 is 0 Å². The van der Waals surface area contributed by atoms with Gasteiger partial charge in [-0.05, 0) is 24.3 Å². The van der Waals surface area contributed by atoms with E-state index in [1.54, 1.807) is 11.8 Å². The lowest BCUT2D eigenvalue weighted by molar-refractivity contribution is -0.115. The van der Waals surface area contributed by atoms with Crippen molar-refractivity contribution < 1.29 is 4.79 Å². The fourth-order valence-corrected chi connectivity index (χ4v) is 2.81. The van der Waals surface area contributed by atoms with Gasteiger partial charge in [-0.2, -0.15) is 0 Å². The van der Waals surface area contributed by atoms with Crippen molar-refractivity contribution in [3.05, 3.63) is 54.6 Å². The molecule has 21 heavy (non-hydrogen) atoms. The van der Waals surface area contributed by atoms with Crippen LogP contribution < -0.4 is 5.32 Å². The second kappa shape index (κ2) is 6.45. The van der Waals surface area contributed by atoms with E-state index in [1.807, 2.05) is 54.6 Å². The third-order valence-electron chi connectivity index (χ3n) is 2.99. The van der Waals surface area contributed by atoms with Crippen molar-refractivity contribution in [2.45, 2.75) is 11.6 Å². The predicted molar refractivity (Wildman–Crippen MR) is 86.5 cm³/mol. The van der Waals surface area contributed by atoms with E-state index in [2.05, 4.69) is 15.3 Å². The molecule has 1 heterocycles. The largest absolute Gasteiger partial charge is 0.333 e. The number of amides is 1. The topological polar surface area (TPSA) is 57.8 Å². The van der Waals surface area contributed by atoms with Crippen LogP contribution in [-0.2, 0) is 4.79 Å². The third kappa shape index (κ3) is 3.64. The first-order chi connectivity index (χ1) is 10.3. The number of thioether (sulfide) groups is 1. The number of benzene rings is 2. The molecule has 0 unspecified atom stereocenters.